The number of rotatable bonds is 7. The van der Waals surface area contributed by atoms with E-state index < -0.39 is 4.92 Å². The molecule has 0 bridgehead atoms. The predicted molar refractivity (Wildman–Crippen MR) is 97.5 cm³/mol. The molecule has 0 heterocycles. The van der Waals surface area contributed by atoms with Crippen molar-refractivity contribution in [3.8, 4) is 5.75 Å². The van der Waals surface area contributed by atoms with Gasteiger partial charge in [-0.15, -0.1) is 0 Å². The van der Waals surface area contributed by atoms with Gasteiger partial charge in [0.25, 0.3) is 5.69 Å². The Kier molecular flexibility index (Phi) is 6.28. The number of ether oxygens (including phenoxy) is 1. The number of nitrogens with zero attached hydrogens (tertiary/aromatic N) is 1. The Hall–Kier alpha value is -3.15. The molecule has 1 N–H and O–H groups in total. The van der Waals surface area contributed by atoms with Crippen molar-refractivity contribution < 1.29 is 14.5 Å². The first kappa shape index (κ1) is 18.2. The van der Waals surface area contributed by atoms with Crippen LogP contribution in [0.25, 0.3) is 6.08 Å². The van der Waals surface area contributed by atoms with Gasteiger partial charge < -0.3 is 10.1 Å². The molecule has 0 fully saturated rings. The van der Waals surface area contributed by atoms with E-state index in [1.165, 1.54) is 18.2 Å². The molecule has 6 nitrogen and oxygen atoms in total. The number of amides is 1. The number of carbonyl (C=O) groups excluding carboxylic acids is 1. The highest BCUT2D eigenvalue weighted by molar-refractivity contribution is 6.02. The van der Waals surface area contributed by atoms with Crippen LogP contribution in [0.4, 0.5) is 11.4 Å². The molecule has 0 aliphatic heterocycles. The van der Waals surface area contributed by atoms with E-state index in [1.54, 1.807) is 30.3 Å². The first-order chi connectivity index (χ1) is 12.0. The first-order valence-corrected chi connectivity index (χ1v) is 7.91. The van der Waals surface area contributed by atoms with Crippen molar-refractivity contribution in [3.05, 3.63) is 70.3 Å². The van der Waals surface area contributed by atoms with E-state index >= 15 is 0 Å². The summed E-state index contributed by atoms with van der Waals surface area (Å²) in [6.07, 6.45) is 2.97. The second-order valence-electron chi connectivity index (χ2n) is 5.87. The lowest BCUT2D eigenvalue weighted by Crippen LogP contribution is -2.11. The smallest absolute Gasteiger partial charge is 0.269 e. The van der Waals surface area contributed by atoms with Crippen LogP contribution in [0.1, 0.15) is 19.4 Å². The molecule has 0 aliphatic carbocycles. The fourth-order valence-electron chi connectivity index (χ4n) is 2.01. The summed E-state index contributed by atoms with van der Waals surface area (Å²) in [5.41, 5.74) is 1.31. The van der Waals surface area contributed by atoms with Gasteiger partial charge in [0.2, 0.25) is 5.91 Å². The number of nitrogens with one attached hydrogen (secondary N) is 1. The van der Waals surface area contributed by atoms with Crippen LogP contribution in [-0.2, 0) is 4.79 Å². The summed E-state index contributed by atoms with van der Waals surface area (Å²) in [6, 6.07) is 13.2. The van der Waals surface area contributed by atoms with Gasteiger partial charge in [-0.25, -0.2) is 0 Å². The second kappa shape index (κ2) is 8.63. The van der Waals surface area contributed by atoms with Gasteiger partial charge in [-0.05, 0) is 41.8 Å². The number of carbonyl (C=O) groups is 1. The van der Waals surface area contributed by atoms with E-state index in [9.17, 15) is 14.9 Å². The fourth-order valence-corrected chi connectivity index (χ4v) is 2.01. The highest BCUT2D eigenvalue weighted by Crippen LogP contribution is 2.24. The molecule has 0 aromatic heterocycles. The number of anilines is 1. The lowest BCUT2D eigenvalue weighted by molar-refractivity contribution is -0.384. The van der Waals surface area contributed by atoms with Crippen LogP contribution in [0, 0.1) is 16.0 Å². The van der Waals surface area contributed by atoms with Crippen molar-refractivity contribution in [2.75, 3.05) is 11.9 Å². The molecular weight excluding hydrogens is 320 g/mol. The van der Waals surface area contributed by atoms with Crippen LogP contribution in [0.3, 0.4) is 0 Å². The highest BCUT2D eigenvalue weighted by Gasteiger charge is 2.07. The average Bonchev–Trinajstić information content (AvgIpc) is 2.59. The lowest BCUT2D eigenvalue weighted by Gasteiger charge is -2.13. The molecule has 0 spiro atoms. The number of benzene rings is 2. The third-order valence-corrected chi connectivity index (χ3v) is 3.25. The molecule has 2 aromatic rings. The van der Waals surface area contributed by atoms with E-state index in [0.717, 1.165) is 0 Å². The van der Waals surface area contributed by atoms with Crippen molar-refractivity contribution in [1.29, 1.82) is 0 Å². The maximum atomic E-state index is 12.1. The molecule has 0 aliphatic rings. The van der Waals surface area contributed by atoms with Gasteiger partial charge >= 0.3 is 0 Å². The summed E-state index contributed by atoms with van der Waals surface area (Å²) < 4.78 is 5.70. The van der Waals surface area contributed by atoms with Gasteiger partial charge in [0, 0.05) is 18.2 Å². The largest absolute Gasteiger partial charge is 0.491 e. The second-order valence-corrected chi connectivity index (χ2v) is 5.87. The molecule has 0 unspecified atom stereocenters. The first-order valence-electron chi connectivity index (χ1n) is 7.91. The molecule has 2 rings (SSSR count). The Morgan fingerprint density at radius 1 is 1.20 bits per heavy atom. The van der Waals surface area contributed by atoms with Gasteiger partial charge in [0.05, 0.1) is 17.2 Å². The van der Waals surface area contributed by atoms with Gasteiger partial charge in [0.1, 0.15) is 5.75 Å². The van der Waals surface area contributed by atoms with Crippen LogP contribution < -0.4 is 10.1 Å². The van der Waals surface area contributed by atoms with E-state index in [1.807, 2.05) is 26.0 Å². The van der Waals surface area contributed by atoms with E-state index in [4.69, 9.17) is 4.74 Å². The molecule has 0 saturated carbocycles. The van der Waals surface area contributed by atoms with Crippen LogP contribution in [-0.4, -0.2) is 17.4 Å². The highest BCUT2D eigenvalue weighted by atomic mass is 16.6. The van der Waals surface area contributed by atoms with Crippen LogP contribution >= 0.6 is 0 Å². The van der Waals surface area contributed by atoms with Gasteiger partial charge in [0.15, 0.2) is 0 Å². The topological polar surface area (TPSA) is 81.5 Å². The molecular formula is C19H20N2O4. The van der Waals surface area contributed by atoms with Crippen LogP contribution in [0.15, 0.2) is 54.6 Å². The summed E-state index contributed by atoms with van der Waals surface area (Å²) >= 11 is 0. The Morgan fingerprint density at radius 3 is 2.52 bits per heavy atom. The molecule has 25 heavy (non-hydrogen) atoms. The van der Waals surface area contributed by atoms with Crippen molar-refractivity contribution in [2.45, 2.75) is 13.8 Å². The molecule has 0 saturated heterocycles. The molecule has 130 valence electrons. The summed E-state index contributed by atoms with van der Waals surface area (Å²) in [7, 11) is 0. The van der Waals surface area contributed by atoms with E-state index in [2.05, 4.69) is 5.32 Å². The maximum Gasteiger partial charge on any atom is 0.269 e. The summed E-state index contributed by atoms with van der Waals surface area (Å²) in [5.74, 6) is 0.693. The minimum Gasteiger partial charge on any atom is -0.491 e. The van der Waals surface area contributed by atoms with Crippen LogP contribution in [0.5, 0.6) is 5.75 Å². The molecule has 2 aromatic carbocycles. The predicted octanol–water partition coefficient (Wildman–Crippen LogP) is 4.28. The summed E-state index contributed by atoms with van der Waals surface area (Å²) in [4.78, 5) is 22.2. The number of nitro groups is 1. The number of para-hydroxylation sites is 2. The van der Waals surface area contributed by atoms with Crippen molar-refractivity contribution in [1.82, 2.24) is 0 Å². The monoisotopic (exact) mass is 340 g/mol. The zero-order valence-corrected chi connectivity index (χ0v) is 14.1. The quantitative estimate of drug-likeness (QED) is 0.463. The van der Waals surface area contributed by atoms with Gasteiger partial charge in [-0.2, -0.15) is 0 Å². The minimum absolute atomic E-state index is 0.0119. The van der Waals surface area contributed by atoms with Gasteiger partial charge in [-0.1, -0.05) is 26.0 Å². The zero-order chi connectivity index (χ0) is 18.2. The Morgan fingerprint density at radius 2 is 1.88 bits per heavy atom. The standard InChI is InChI=1S/C19H20N2O4/c1-14(2)13-25-18-6-4-3-5-17(18)20-19(22)12-9-15-7-10-16(11-8-15)21(23)24/h3-12,14H,13H2,1-2H3,(H,20,22)/b12-9+. The number of nitro benzene ring substituents is 1. The minimum atomic E-state index is -0.464. The molecule has 0 radical (unpaired) electrons. The zero-order valence-electron chi connectivity index (χ0n) is 14.1. The van der Waals surface area contributed by atoms with Crippen molar-refractivity contribution in [2.24, 2.45) is 5.92 Å². The Bertz CT molecular complexity index is 767. The summed E-state index contributed by atoms with van der Waals surface area (Å²) in [5, 5.41) is 13.4. The third kappa shape index (κ3) is 5.76. The van der Waals surface area contributed by atoms with Crippen LogP contribution in [0.2, 0.25) is 0 Å². The third-order valence-electron chi connectivity index (χ3n) is 3.25. The molecule has 0 atom stereocenters. The number of hydrogen-bond donors (Lipinski definition) is 1. The lowest BCUT2D eigenvalue weighted by atomic mass is 10.2. The Balaban J connectivity index is 2.01. The number of hydrogen-bond acceptors (Lipinski definition) is 4. The number of non-ortho nitro benzene ring substituents is 1. The average molecular weight is 340 g/mol. The SMILES string of the molecule is CC(C)COc1ccccc1NC(=O)/C=C/c1ccc([N+](=O)[O-])cc1. The summed E-state index contributed by atoms with van der Waals surface area (Å²) in [6.45, 7) is 4.66. The maximum absolute atomic E-state index is 12.1. The normalized spacial score (nSPS) is 10.8. The van der Waals surface area contributed by atoms with E-state index in [-0.39, 0.29) is 11.6 Å². The van der Waals surface area contributed by atoms with E-state index in [0.29, 0.717) is 29.5 Å². The molecule has 6 heteroatoms. The van der Waals surface area contributed by atoms with Crippen molar-refractivity contribution in [3.63, 3.8) is 0 Å². The van der Waals surface area contributed by atoms with Crippen molar-refractivity contribution >= 4 is 23.4 Å². The Labute approximate surface area is 146 Å². The fraction of sp³-hybridized carbons (Fsp3) is 0.211. The molecule has 1 amide bonds. The van der Waals surface area contributed by atoms with Gasteiger partial charge in [-0.3, -0.25) is 14.9 Å².